The molecule has 0 amide bonds. The third-order valence-electron chi connectivity index (χ3n) is 6.93. The number of methoxy groups -OCH3 is 1. The maximum absolute atomic E-state index is 13.9. The third kappa shape index (κ3) is 4.13. The Morgan fingerprint density at radius 3 is 2.63 bits per heavy atom. The zero-order valence-corrected chi connectivity index (χ0v) is 19.5. The van der Waals surface area contributed by atoms with Gasteiger partial charge in [0.25, 0.3) is 0 Å². The summed E-state index contributed by atoms with van der Waals surface area (Å²) in [6, 6.07) is 7.49. The van der Waals surface area contributed by atoms with E-state index >= 15 is 0 Å². The first-order valence-electron chi connectivity index (χ1n) is 11.6. The highest BCUT2D eigenvalue weighted by atomic mass is 19.4. The molecule has 1 fully saturated rings. The highest BCUT2D eigenvalue weighted by Crippen LogP contribution is 2.48. The molecule has 35 heavy (non-hydrogen) atoms. The van der Waals surface area contributed by atoms with Crippen molar-refractivity contribution in [1.29, 1.82) is 0 Å². The van der Waals surface area contributed by atoms with Crippen molar-refractivity contribution < 1.29 is 17.9 Å². The van der Waals surface area contributed by atoms with Crippen LogP contribution in [0.4, 0.5) is 24.7 Å². The number of guanidine groups is 1. The zero-order valence-electron chi connectivity index (χ0n) is 19.5. The molecule has 186 valence electrons. The number of anilines is 2. The molecule has 2 aromatic heterocycles. The molecule has 0 radical (unpaired) electrons. The number of alkyl halides is 3. The molecule has 0 saturated heterocycles. The van der Waals surface area contributed by atoms with Crippen molar-refractivity contribution in [3.05, 3.63) is 47.8 Å². The highest BCUT2D eigenvalue weighted by Gasteiger charge is 2.49. The van der Waals surface area contributed by atoms with Gasteiger partial charge in [0, 0.05) is 36.5 Å². The van der Waals surface area contributed by atoms with E-state index in [0.29, 0.717) is 11.4 Å². The Morgan fingerprint density at radius 2 is 1.97 bits per heavy atom. The van der Waals surface area contributed by atoms with Crippen LogP contribution in [0.15, 0.2) is 41.7 Å². The number of aromatic amines is 1. The van der Waals surface area contributed by atoms with Crippen LogP contribution in [0.5, 0.6) is 5.75 Å². The summed E-state index contributed by atoms with van der Waals surface area (Å²) in [5.41, 5.74) is 6.87. The molecule has 0 spiro atoms. The fourth-order valence-corrected chi connectivity index (χ4v) is 5.18. The Bertz CT molecular complexity index is 1260. The van der Waals surface area contributed by atoms with Gasteiger partial charge < -0.3 is 26.1 Å². The predicted molar refractivity (Wildman–Crippen MR) is 128 cm³/mol. The standard InChI is InChI=1S/C24H28F3N7O/c1-34-18(10-11-30-34)14-8-9-17(19(12-14)35-2)31-22-32-21-20(16(13-29-21)24(25,26)27)23(28,33-22)15-6-4-3-5-7-15/h8-13,15,29H,3-7,28H2,1-2H3,(H2,31,32,33). The number of nitrogens with zero attached hydrogens (tertiary/aromatic N) is 3. The van der Waals surface area contributed by atoms with Gasteiger partial charge in [-0.25, -0.2) is 4.99 Å². The number of H-pyrrole nitrogens is 1. The number of aliphatic imine (C=N–C) groups is 1. The summed E-state index contributed by atoms with van der Waals surface area (Å²) in [4.78, 5) is 7.40. The monoisotopic (exact) mass is 487 g/mol. The number of nitrogens with two attached hydrogens (primary N) is 1. The van der Waals surface area contributed by atoms with Crippen LogP contribution in [-0.2, 0) is 18.9 Å². The van der Waals surface area contributed by atoms with E-state index in [1.54, 1.807) is 18.0 Å². The lowest BCUT2D eigenvalue weighted by Crippen LogP contribution is -2.49. The fourth-order valence-electron chi connectivity index (χ4n) is 5.18. The van der Waals surface area contributed by atoms with Gasteiger partial charge in [-0.3, -0.25) is 4.68 Å². The lowest BCUT2D eigenvalue weighted by molar-refractivity contribution is -0.138. The van der Waals surface area contributed by atoms with Crippen molar-refractivity contribution in [3.8, 4) is 17.0 Å². The van der Waals surface area contributed by atoms with Gasteiger partial charge in [-0.2, -0.15) is 18.3 Å². The van der Waals surface area contributed by atoms with Crippen LogP contribution in [0.2, 0.25) is 0 Å². The average Bonchev–Trinajstić information content (AvgIpc) is 3.47. The van der Waals surface area contributed by atoms with E-state index in [9.17, 15) is 13.2 Å². The molecule has 2 aliphatic rings. The van der Waals surface area contributed by atoms with Gasteiger partial charge >= 0.3 is 6.18 Å². The molecule has 11 heteroatoms. The number of fused-ring (bicyclic) bond motifs is 1. The lowest BCUT2D eigenvalue weighted by Gasteiger charge is -2.40. The van der Waals surface area contributed by atoms with E-state index in [1.165, 1.54) is 0 Å². The zero-order chi connectivity index (χ0) is 24.8. The first kappa shape index (κ1) is 23.3. The van der Waals surface area contributed by atoms with Gasteiger partial charge in [0.05, 0.1) is 24.1 Å². The summed E-state index contributed by atoms with van der Waals surface area (Å²) < 4.78 is 48.9. The topological polar surface area (TPSA) is 105 Å². The summed E-state index contributed by atoms with van der Waals surface area (Å²) >= 11 is 0. The molecular weight excluding hydrogens is 459 g/mol. The highest BCUT2D eigenvalue weighted by molar-refractivity contribution is 6.06. The molecule has 1 aliphatic carbocycles. The van der Waals surface area contributed by atoms with Crippen molar-refractivity contribution in [2.24, 2.45) is 23.7 Å². The molecule has 1 atom stereocenters. The van der Waals surface area contributed by atoms with E-state index in [4.69, 9.17) is 10.5 Å². The average molecular weight is 488 g/mol. The number of rotatable bonds is 4. The Morgan fingerprint density at radius 1 is 1.20 bits per heavy atom. The van der Waals surface area contributed by atoms with Crippen molar-refractivity contribution in [3.63, 3.8) is 0 Å². The number of hydrogen-bond acceptors (Lipinski definition) is 6. The molecule has 0 bridgehead atoms. The quantitative estimate of drug-likeness (QED) is 0.413. The summed E-state index contributed by atoms with van der Waals surface area (Å²) in [7, 11) is 3.40. The number of halogens is 3. The van der Waals surface area contributed by atoms with E-state index in [-0.39, 0.29) is 23.3 Å². The molecule has 1 aromatic carbocycles. The fraction of sp³-hybridized carbons (Fsp3) is 0.417. The van der Waals surface area contributed by atoms with Crippen LogP contribution in [0, 0.1) is 5.92 Å². The Balaban J connectivity index is 1.53. The van der Waals surface area contributed by atoms with Gasteiger partial charge in [0.15, 0.2) is 0 Å². The van der Waals surface area contributed by atoms with Crippen LogP contribution in [0.1, 0.15) is 43.2 Å². The van der Waals surface area contributed by atoms with Crippen molar-refractivity contribution in [2.45, 2.75) is 43.9 Å². The largest absolute Gasteiger partial charge is 0.495 e. The van der Waals surface area contributed by atoms with Crippen LogP contribution in [0.3, 0.4) is 0 Å². The molecular formula is C24H28F3N7O. The van der Waals surface area contributed by atoms with E-state index in [2.05, 4.69) is 25.7 Å². The molecule has 1 saturated carbocycles. The van der Waals surface area contributed by atoms with Gasteiger partial charge in [-0.15, -0.1) is 0 Å². The molecule has 8 nitrogen and oxygen atoms in total. The van der Waals surface area contributed by atoms with Crippen LogP contribution >= 0.6 is 0 Å². The minimum absolute atomic E-state index is 0.0269. The second-order valence-electron chi connectivity index (χ2n) is 9.08. The normalized spacial score (nSPS) is 20.7. The molecule has 3 aromatic rings. The van der Waals surface area contributed by atoms with Crippen molar-refractivity contribution in [1.82, 2.24) is 14.8 Å². The van der Waals surface area contributed by atoms with Crippen molar-refractivity contribution >= 4 is 17.5 Å². The van der Waals surface area contributed by atoms with Gasteiger partial charge in [-0.1, -0.05) is 25.3 Å². The maximum atomic E-state index is 13.9. The SMILES string of the molecule is COc1cc(-c2ccnn2C)ccc1NC1=NC(N)(C2CCCCC2)c2c(C(F)(F)F)c[nH]c2N1. The molecule has 1 unspecified atom stereocenters. The van der Waals surface area contributed by atoms with Crippen molar-refractivity contribution in [2.75, 3.05) is 17.7 Å². The lowest BCUT2D eigenvalue weighted by atomic mass is 9.76. The van der Waals surface area contributed by atoms with E-state index in [1.807, 2.05) is 31.3 Å². The predicted octanol–water partition coefficient (Wildman–Crippen LogP) is 5.03. The van der Waals surface area contributed by atoms with E-state index < -0.39 is 17.4 Å². The minimum atomic E-state index is -4.55. The van der Waals surface area contributed by atoms with Gasteiger partial charge in [-0.05, 0) is 31.0 Å². The molecule has 5 rings (SSSR count). The summed E-state index contributed by atoms with van der Waals surface area (Å²) in [5, 5.41) is 10.3. The number of ether oxygens (including phenoxy) is 1. The van der Waals surface area contributed by atoms with Gasteiger partial charge in [0.1, 0.15) is 17.2 Å². The van der Waals surface area contributed by atoms with Crippen LogP contribution in [-0.4, -0.2) is 27.8 Å². The number of aryl methyl sites for hydroxylation is 1. The summed E-state index contributed by atoms with van der Waals surface area (Å²) in [6.07, 6.45) is 2.45. The molecule has 1 aliphatic heterocycles. The summed E-state index contributed by atoms with van der Waals surface area (Å²) in [6.45, 7) is 0. The second kappa shape index (κ2) is 8.63. The Kier molecular flexibility index (Phi) is 5.74. The molecule has 3 heterocycles. The summed E-state index contributed by atoms with van der Waals surface area (Å²) in [5.74, 6) is 0.794. The van der Waals surface area contributed by atoms with Gasteiger partial charge in [0.2, 0.25) is 5.96 Å². The number of hydrogen-bond donors (Lipinski definition) is 4. The minimum Gasteiger partial charge on any atom is -0.495 e. The number of nitrogens with one attached hydrogen (secondary N) is 3. The molecule has 5 N–H and O–H groups in total. The first-order valence-corrected chi connectivity index (χ1v) is 11.6. The third-order valence-corrected chi connectivity index (χ3v) is 6.93. The number of aromatic nitrogens is 3. The Labute approximate surface area is 200 Å². The number of benzene rings is 1. The smallest absolute Gasteiger partial charge is 0.418 e. The van der Waals surface area contributed by atoms with Crippen LogP contribution in [0.25, 0.3) is 11.3 Å². The second-order valence-corrected chi connectivity index (χ2v) is 9.08. The van der Waals surface area contributed by atoms with Crippen LogP contribution < -0.4 is 21.1 Å². The Hall–Kier alpha value is -3.47. The maximum Gasteiger partial charge on any atom is 0.418 e. The first-order chi connectivity index (χ1) is 16.7. The van der Waals surface area contributed by atoms with E-state index in [0.717, 1.165) is 49.6 Å².